The predicted octanol–water partition coefficient (Wildman–Crippen LogP) is 3.25. The molecule has 0 spiro atoms. The summed E-state index contributed by atoms with van der Waals surface area (Å²) in [6.45, 7) is 0. The first-order chi connectivity index (χ1) is 9.34. The summed E-state index contributed by atoms with van der Waals surface area (Å²) >= 11 is 0. The van der Waals surface area contributed by atoms with E-state index >= 15 is 0 Å². The summed E-state index contributed by atoms with van der Waals surface area (Å²) in [5, 5.41) is 7.29. The van der Waals surface area contributed by atoms with E-state index in [-0.39, 0.29) is 5.91 Å². The second-order valence-corrected chi connectivity index (χ2v) is 4.92. The van der Waals surface area contributed by atoms with Gasteiger partial charge in [-0.1, -0.05) is 31.0 Å². The minimum absolute atomic E-state index is 0.0830. The molecule has 0 bridgehead atoms. The zero-order valence-electron chi connectivity index (χ0n) is 10.7. The third-order valence-corrected chi connectivity index (χ3v) is 3.62. The molecule has 2 aromatic rings. The van der Waals surface area contributed by atoms with Gasteiger partial charge >= 0.3 is 0 Å². The highest BCUT2D eigenvalue weighted by atomic mass is 16.1. The van der Waals surface area contributed by atoms with E-state index in [0.29, 0.717) is 11.6 Å². The molecule has 1 N–H and O–H groups in total. The van der Waals surface area contributed by atoms with Crippen LogP contribution < -0.4 is 5.32 Å². The zero-order chi connectivity index (χ0) is 13.1. The Hall–Kier alpha value is -2.10. The lowest BCUT2D eigenvalue weighted by Gasteiger charge is -2.14. The number of anilines is 1. The van der Waals surface area contributed by atoms with Crippen molar-refractivity contribution in [1.82, 2.24) is 9.78 Å². The Bertz CT molecular complexity index is 556. The van der Waals surface area contributed by atoms with Crippen LogP contribution in [0.2, 0.25) is 0 Å². The van der Waals surface area contributed by atoms with Gasteiger partial charge in [0.25, 0.3) is 5.91 Å². The van der Waals surface area contributed by atoms with Gasteiger partial charge in [0.1, 0.15) is 5.82 Å². The Kier molecular flexibility index (Phi) is 3.31. The van der Waals surface area contributed by atoms with E-state index in [2.05, 4.69) is 10.4 Å². The summed E-state index contributed by atoms with van der Waals surface area (Å²) < 4.78 is 1.95. The van der Waals surface area contributed by atoms with Crippen molar-refractivity contribution in [2.24, 2.45) is 0 Å². The van der Waals surface area contributed by atoms with Crippen LogP contribution in [0.15, 0.2) is 42.6 Å². The van der Waals surface area contributed by atoms with E-state index in [1.54, 1.807) is 6.20 Å². The Morgan fingerprint density at radius 1 is 1.16 bits per heavy atom. The molecule has 1 aromatic carbocycles. The zero-order valence-corrected chi connectivity index (χ0v) is 10.7. The fraction of sp³-hybridized carbons (Fsp3) is 0.333. The summed E-state index contributed by atoms with van der Waals surface area (Å²) in [4.78, 5) is 12.1. The fourth-order valence-electron chi connectivity index (χ4n) is 2.63. The molecule has 1 saturated carbocycles. The number of hydrogen-bond acceptors (Lipinski definition) is 2. The number of nitrogens with zero attached hydrogens (tertiary/aromatic N) is 2. The summed E-state index contributed by atoms with van der Waals surface area (Å²) in [5.41, 5.74) is 0.668. The van der Waals surface area contributed by atoms with Gasteiger partial charge in [0.05, 0.1) is 12.2 Å². The highest BCUT2D eigenvalue weighted by Crippen LogP contribution is 2.31. The maximum atomic E-state index is 12.1. The largest absolute Gasteiger partial charge is 0.307 e. The molecule has 1 fully saturated rings. The maximum Gasteiger partial charge on any atom is 0.256 e. The highest BCUT2D eigenvalue weighted by molar-refractivity contribution is 6.03. The maximum absolute atomic E-state index is 12.1. The molecular formula is C15H17N3O. The Balaban J connectivity index is 1.77. The van der Waals surface area contributed by atoms with Crippen LogP contribution in [0.4, 0.5) is 5.82 Å². The van der Waals surface area contributed by atoms with Crippen molar-refractivity contribution in [3.63, 3.8) is 0 Å². The average molecular weight is 255 g/mol. The topological polar surface area (TPSA) is 46.9 Å². The number of benzene rings is 1. The normalized spacial score (nSPS) is 15.6. The molecule has 19 heavy (non-hydrogen) atoms. The smallest absolute Gasteiger partial charge is 0.256 e. The van der Waals surface area contributed by atoms with Gasteiger partial charge in [-0.25, -0.2) is 4.68 Å². The molecule has 0 unspecified atom stereocenters. The number of rotatable bonds is 3. The van der Waals surface area contributed by atoms with Crippen molar-refractivity contribution in [3.8, 4) is 0 Å². The van der Waals surface area contributed by atoms with Crippen molar-refractivity contribution in [2.75, 3.05) is 5.32 Å². The molecule has 0 atom stereocenters. The van der Waals surface area contributed by atoms with Crippen LogP contribution in [0.5, 0.6) is 0 Å². The molecule has 0 radical (unpaired) electrons. The fourth-order valence-corrected chi connectivity index (χ4v) is 2.63. The highest BCUT2D eigenvalue weighted by Gasteiger charge is 2.20. The van der Waals surface area contributed by atoms with Crippen LogP contribution in [0, 0.1) is 0 Å². The van der Waals surface area contributed by atoms with Gasteiger partial charge < -0.3 is 5.32 Å². The first-order valence-corrected chi connectivity index (χ1v) is 6.74. The number of amides is 1. The van der Waals surface area contributed by atoms with E-state index in [4.69, 9.17) is 0 Å². The van der Waals surface area contributed by atoms with Gasteiger partial charge in [-0.2, -0.15) is 5.10 Å². The monoisotopic (exact) mass is 255 g/mol. The molecule has 4 nitrogen and oxygen atoms in total. The number of carbonyl (C=O) groups is 1. The minimum Gasteiger partial charge on any atom is -0.307 e. The van der Waals surface area contributed by atoms with Crippen molar-refractivity contribution >= 4 is 11.7 Å². The van der Waals surface area contributed by atoms with Crippen LogP contribution in [0.25, 0.3) is 0 Å². The summed E-state index contributed by atoms with van der Waals surface area (Å²) in [7, 11) is 0. The second kappa shape index (κ2) is 5.26. The van der Waals surface area contributed by atoms with Gasteiger partial charge in [0.2, 0.25) is 0 Å². The standard InChI is InChI=1S/C15H17N3O/c19-15(12-6-2-1-3-7-12)17-14-10-11-16-18(14)13-8-4-5-9-13/h1-3,6-7,10-11,13H,4-5,8-9H2,(H,17,19). The Labute approximate surface area is 112 Å². The van der Waals surface area contributed by atoms with Crippen LogP contribution in [0.3, 0.4) is 0 Å². The molecule has 4 heteroatoms. The third kappa shape index (κ3) is 2.52. The first-order valence-electron chi connectivity index (χ1n) is 6.74. The quantitative estimate of drug-likeness (QED) is 0.915. The van der Waals surface area contributed by atoms with Crippen LogP contribution in [0.1, 0.15) is 42.1 Å². The molecule has 1 heterocycles. The van der Waals surface area contributed by atoms with E-state index < -0.39 is 0 Å². The van der Waals surface area contributed by atoms with Crippen LogP contribution in [-0.4, -0.2) is 15.7 Å². The summed E-state index contributed by atoms with van der Waals surface area (Å²) in [6, 6.07) is 11.5. The van der Waals surface area contributed by atoms with Crippen molar-refractivity contribution in [2.45, 2.75) is 31.7 Å². The molecular weight excluding hydrogens is 238 g/mol. The van der Waals surface area contributed by atoms with Crippen LogP contribution >= 0.6 is 0 Å². The average Bonchev–Trinajstić information content (AvgIpc) is 3.10. The van der Waals surface area contributed by atoms with Crippen molar-refractivity contribution in [1.29, 1.82) is 0 Å². The molecule has 3 rings (SSSR count). The lowest BCUT2D eigenvalue weighted by molar-refractivity contribution is 0.102. The number of hydrogen-bond donors (Lipinski definition) is 1. The van der Waals surface area contributed by atoms with Gasteiger partial charge in [-0.3, -0.25) is 4.79 Å². The second-order valence-electron chi connectivity index (χ2n) is 4.92. The number of carbonyl (C=O) groups excluding carboxylic acids is 1. The van der Waals surface area contributed by atoms with Crippen molar-refractivity contribution < 1.29 is 4.79 Å². The first kappa shape index (κ1) is 12.0. The van der Waals surface area contributed by atoms with Gasteiger partial charge in [-0.15, -0.1) is 0 Å². The van der Waals surface area contributed by atoms with Crippen molar-refractivity contribution in [3.05, 3.63) is 48.2 Å². The Morgan fingerprint density at radius 2 is 1.89 bits per heavy atom. The minimum atomic E-state index is -0.0830. The van der Waals surface area contributed by atoms with Gasteiger partial charge in [0.15, 0.2) is 0 Å². The molecule has 0 saturated heterocycles. The summed E-state index contributed by atoms with van der Waals surface area (Å²) in [5.74, 6) is 0.709. The van der Waals surface area contributed by atoms with Gasteiger partial charge in [0, 0.05) is 11.6 Å². The number of nitrogens with one attached hydrogen (secondary N) is 1. The van der Waals surface area contributed by atoms with E-state index in [0.717, 1.165) is 18.7 Å². The molecule has 0 aliphatic heterocycles. The third-order valence-electron chi connectivity index (χ3n) is 3.62. The van der Waals surface area contributed by atoms with E-state index in [1.807, 2.05) is 41.1 Å². The summed E-state index contributed by atoms with van der Waals surface area (Å²) in [6.07, 6.45) is 6.54. The lowest BCUT2D eigenvalue weighted by Crippen LogP contribution is -2.17. The van der Waals surface area contributed by atoms with Gasteiger partial charge in [-0.05, 0) is 25.0 Å². The van der Waals surface area contributed by atoms with Crippen LogP contribution in [-0.2, 0) is 0 Å². The molecule has 1 amide bonds. The number of aromatic nitrogens is 2. The van der Waals surface area contributed by atoms with E-state index in [9.17, 15) is 4.79 Å². The predicted molar refractivity (Wildman–Crippen MR) is 74.1 cm³/mol. The molecule has 1 aromatic heterocycles. The molecule has 98 valence electrons. The molecule has 1 aliphatic rings. The lowest BCUT2D eigenvalue weighted by atomic mass is 10.2. The molecule has 1 aliphatic carbocycles. The SMILES string of the molecule is O=C(Nc1ccnn1C1CCCC1)c1ccccc1. The Morgan fingerprint density at radius 3 is 2.63 bits per heavy atom. The van der Waals surface area contributed by atoms with E-state index in [1.165, 1.54) is 12.8 Å².